The van der Waals surface area contributed by atoms with Crippen molar-refractivity contribution in [1.82, 2.24) is 0 Å². The summed E-state index contributed by atoms with van der Waals surface area (Å²) < 4.78 is 12.7. The van der Waals surface area contributed by atoms with Gasteiger partial charge in [0.1, 0.15) is 5.75 Å². The molecule has 7 heteroatoms. The first kappa shape index (κ1) is 30.2. The number of aliphatic hydroxyl groups excluding tert-OH is 1. The average molecular weight is 526 g/mol. The molecule has 5 atom stereocenters. The van der Waals surface area contributed by atoms with Crippen molar-refractivity contribution in [2.75, 3.05) is 6.61 Å². The fourth-order valence-corrected chi connectivity index (χ4v) is 4.93. The Hall–Kier alpha value is -2.32. The van der Waals surface area contributed by atoms with Gasteiger partial charge in [-0.3, -0.25) is 0 Å². The van der Waals surface area contributed by atoms with E-state index in [0.29, 0.717) is 17.7 Å². The zero-order chi connectivity index (χ0) is 28.1. The summed E-state index contributed by atoms with van der Waals surface area (Å²) in [5, 5.41) is 28.8. The van der Waals surface area contributed by atoms with Crippen LogP contribution in [0.2, 0.25) is 0 Å². The smallest absolute Gasteiger partial charge is 0.188 e. The maximum atomic E-state index is 10.7. The lowest BCUT2D eigenvalue weighted by Crippen LogP contribution is -2.51. The minimum atomic E-state index is -0.697. The van der Waals surface area contributed by atoms with Crippen molar-refractivity contribution in [2.24, 2.45) is 32.7 Å². The summed E-state index contributed by atoms with van der Waals surface area (Å²) >= 11 is 0. The SMILES string of the molecule is CC1CC(C(C)C(C)(C)CCC(C)(N)C(C)(C)CCO)OC(c2cc(N=Nc3ccccc3)ccc2O)O1. The van der Waals surface area contributed by atoms with Crippen LogP contribution in [0, 0.1) is 16.7 Å². The van der Waals surface area contributed by atoms with Crippen LogP contribution in [-0.2, 0) is 9.47 Å². The Morgan fingerprint density at radius 1 is 0.947 bits per heavy atom. The normalized spacial score (nSPS) is 23.3. The third-order valence-electron chi connectivity index (χ3n) is 8.88. The number of phenolic OH excluding ortho intramolecular Hbond substituents is 1. The summed E-state index contributed by atoms with van der Waals surface area (Å²) in [6.45, 7) is 15.3. The van der Waals surface area contributed by atoms with Crippen LogP contribution in [-0.4, -0.2) is 34.6 Å². The first-order valence-electron chi connectivity index (χ1n) is 13.8. The van der Waals surface area contributed by atoms with Crippen molar-refractivity contribution in [3.8, 4) is 5.75 Å². The molecule has 1 aliphatic heterocycles. The van der Waals surface area contributed by atoms with Gasteiger partial charge in [-0.15, -0.1) is 0 Å². The second kappa shape index (κ2) is 12.2. The number of aliphatic hydroxyl groups is 1. The van der Waals surface area contributed by atoms with Gasteiger partial charge in [-0.2, -0.15) is 10.2 Å². The molecule has 0 saturated carbocycles. The van der Waals surface area contributed by atoms with Gasteiger partial charge in [-0.25, -0.2) is 0 Å². The lowest BCUT2D eigenvalue weighted by Gasteiger charge is -2.46. The van der Waals surface area contributed by atoms with Crippen LogP contribution in [0.5, 0.6) is 5.75 Å². The van der Waals surface area contributed by atoms with Gasteiger partial charge in [0, 0.05) is 18.6 Å². The summed E-state index contributed by atoms with van der Waals surface area (Å²) in [4.78, 5) is 0. The Labute approximate surface area is 228 Å². The fraction of sp³-hybridized carbons (Fsp3) is 0.613. The van der Waals surface area contributed by atoms with Crippen LogP contribution in [0.15, 0.2) is 58.8 Å². The number of nitrogens with two attached hydrogens (primary N) is 1. The fourth-order valence-electron chi connectivity index (χ4n) is 4.93. The second-order valence-electron chi connectivity index (χ2n) is 12.5. The number of phenols is 1. The zero-order valence-corrected chi connectivity index (χ0v) is 24.1. The maximum absolute atomic E-state index is 10.7. The highest BCUT2D eigenvalue weighted by molar-refractivity contribution is 5.48. The minimum absolute atomic E-state index is 0.0331. The molecule has 7 nitrogen and oxygen atoms in total. The van der Waals surface area contributed by atoms with Crippen molar-refractivity contribution in [3.63, 3.8) is 0 Å². The highest BCUT2D eigenvalue weighted by Gasteiger charge is 2.42. The van der Waals surface area contributed by atoms with E-state index >= 15 is 0 Å². The van der Waals surface area contributed by atoms with Gasteiger partial charge in [0.2, 0.25) is 0 Å². The standard InChI is InChI=1S/C31H47N3O4/c1-21-19-27(22(2)29(3,4)15-16-31(7,32)30(5,6)17-18-35)38-28(37-21)25-20-24(13-14-26(25)36)34-33-23-11-9-8-10-12-23/h8-14,20-22,27-28,35-36H,15-19,32H2,1-7H3. The number of aromatic hydroxyl groups is 1. The third-order valence-corrected chi connectivity index (χ3v) is 8.88. The monoisotopic (exact) mass is 525 g/mol. The van der Waals surface area contributed by atoms with E-state index < -0.39 is 11.8 Å². The van der Waals surface area contributed by atoms with Crippen LogP contribution in [0.3, 0.4) is 0 Å². The van der Waals surface area contributed by atoms with Gasteiger partial charge in [-0.05, 0) is 80.2 Å². The van der Waals surface area contributed by atoms with Gasteiger partial charge in [0.05, 0.1) is 29.1 Å². The van der Waals surface area contributed by atoms with E-state index in [2.05, 4.69) is 51.8 Å². The van der Waals surface area contributed by atoms with Crippen molar-refractivity contribution in [2.45, 2.75) is 98.2 Å². The molecule has 2 aromatic carbocycles. The van der Waals surface area contributed by atoms with Crippen LogP contribution in [0.25, 0.3) is 0 Å². The van der Waals surface area contributed by atoms with E-state index in [-0.39, 0.29) is 41.3 Å². The first-order valence-corrected chi connectivity index (χ1v) is 13.8. The molecular weight excluding hydrogens is 478 g/mol. The highest BCUT2D eigenvalue weighted by Crippen LogP contribution is 2.45. The predicted octanol–water partition coefficient (Wildman–Crippen LogP) is 7.57. The molecule has 0 amide bonds. The van der Waals surface area contributed by atoms with Crippen LogP contribution < -0.4 is 5.73 Å². The van der Waals surface area contributed by atoms with Crippen LogP contribution >= 0.6 is 0 Å². The first-order chi connectivity index (χ1) is 17.8. The van der Waals surface area contributed by atoms with Crippen molar-refractivity contribution < 1.29 is 19.7 Å². The van der Waals surface area contributed by atoms with E-state index in [0.717, 1.165) is 24.9 Å². The summed E-state index contributed by atoms with van der Waals surface area (Å²) in [5.74, 6) is 0.328. The summed E-state index contributed by atoms with van der Waals surface area (Å²) in [7, 11) is 0. The van der Waals surface area contributed by atoms with Gasteiger partial charge in [-0.1, -0.05) is 52.8 Å². The van der Waals surface area contributed by atoms with Gasteiger partial charge < -0.3 is 25.4 Å². The number of benzene rings is 2. The lowest BCUT2D eigenvalue weighted by atomic mass is 9.65. The van der Waals surface area contributed by atoms with E-state index in [1.165, 1.54) is 0 Å². The number of hydrogen-bond acceptors (Lipinski definition) is 7. The van der Waals surface area contributed by atoms with E-state index in [9.17, 15) is 10.2 Å². The molecule has 1 fully saturated rings. The second-order valence-corrected chi connectivity index (χ2v) is 12.5. The Morgan fingerprint density at radius 3 is 2.26 bits per heavy atom. The molecule has 0 radical (unpaired) electrons. The number of ether oxygens (including phenoxy) is 2. The molecule has 1 aliphatic rings. The quantitative estimate of drug-likeness (QED) is 0.262. The number of rotatable bonds is 11. The zero-order valence-electron chi connectivity index (χ0n) is 24.1. The van der Waals surface area contributed by atoms with Crippen LogP contribution in [0.1, 0.15) is 86.0 Å². The minimum Gasteiger partial charge on any atom is -0.507 e. The largest absolute Gasteiger partial charge is 0.507 e. The topological polar surface area (TPSA) is 110 Å². The molecule has 3 rings (SSSR count). The van der Waals surface area contributed by atoms with Gasteiger partial charge >= 0.3 is 0 Å². The number of hydrogen-bond donors (Lipinski definition) is 3. The molecule has 5 unspecified atom stereocenters. The van der Waals surface area contributed by atoms with Crippen LogP contribution in [0.4, 0.5) is 11.4 Å². The molecule has 210 valence electrons. The molecule has 0 bridgehead atoms. The van der Waals surface area contributed by atoms with Crippen molar-refractivity contribution in [1.29, 1.82) is 0 Å². The Kier molecular flexibility index (Phi) is 9.74. The van der Waals surface area contributed by atoms with E-state index in [4.69, 9.17) is 15.2 Å². The molecule has 4 N–H and O–H groups in total. The molecule has 0 aliphatic carbocycles. The molecular formula is C31H47N3O4. The predicted molar refractivity (Wildman–Crippen MR) is 152 cm³/mol. The van der Waals surface area contributed by atoms with Crippen molar-refractivity contribution >= 4 is 11.4 Å². The Bertz CT molecular complexity index is 1070. The number of nitrogens with zero attached hydrogens (tertiary/aromatic N) is 2. The summed E-state index contributed by atoms with van der Waals surface area (Å²) in [6, 6.07) is 14.6. The summed E-state index contributed by atoms with van der Waals surface area (Å²) in [6.07, 6.45) is 2.43. The molecule has 0 aromatic heterocycles. The molecule has 1 saturated heterocycles. The highest BCUT2D eigenvalue weighted by atomic mass is 16.7. The van der Waals surface area contributed by atoms with E-state index in [1.807, 2.05) is 37.3 Å². The molecule has 2 aromatic rings. The molecule has 0 spiro atoms. The summed E-state index contributed by atoms with van der Waals surface area (Å²) in [5.41, 5.74) is 8.08. The van der Waals surface area contributed by atoms with Crippen molar-refractivity contribution in [3.05, 3.63) is 54.1 Å². The molecule has 38 heavy (non-hydrogen) atoms. The number of azo groups is 1. The maximum Gasteiger partial charge on any atom is 0.188 e. The Balaban J connectivity index is 1.74. The average Bonchev–Trinajstić information content (AvgIpc) is 2.86. The third kappa shape index (κ3) is 7.41. The van der Waals surface area contributed by atoms with Gasteiger partial charge in [0.15, 0.2) is 6.29 Å². The Morgan fingerprint density at radius 2 is 1.61 bits per heavy atom. The molecule has 1 heterocycles. The lowest BCUT2D eigenvalue weighted by molar-refractivity contribution is -0.260. The van der Waals surface area contributed by atoms with Gasteiger partial charge in [0.25, 0.3) is 0 Å². The van der Waals surface area contributed by atoms with E-state index in [1.54, 1.807) is 18.2 Å².